The van der Waals surface area contributed by atoms with Gasteiger partial charge in [0.25, 0.3) is 0 Å². The molecule has 0 bridgehead atoms. The zero-order chi connectivity index (χ0) is 9.84. The van der Waals surface area contributed by atoms with Crippen LogP contribution in [0.2, 0.25) is 0 Å². The molecule has 1 aromatic rings. The van der Waals surface area contributed by atoms with Crippen LogP contribution in [0.25, 0.3) is 0 Å². The molecule has 13 heavy (non-hydrogen) atoms. The Balaban J connectivity index is 3.01. The third-order valence-electron chi connectivity index (χ3n) is 1.32. The lowest BCUT2D eigenvalue weighted by atomic mass is 10.2. The topological polar surface area (TPSA) is 26.3 Å². The molecule has 0 radical (unpaired) electrons. The maximum atomic E-state index is 12.5. The van der Waals surface area contributed by atoms with Crippen molar-refractivity contribution in [3.05, 3.63) is 29.6 Å². The SMILES string of the molecule is O=Cc1ccc(F)cc1OC(F)F. The Morgan fingerprint density at radius 1 is 1.38 bits per heavy atom. The molecular weight excluding hydrogens is 185 g/mol. The summed E-state index contributed by atoms with van der Waals surface area (Å²) in [6.45, 7) is -3.07. The van der Waals surface area contributed by atoms with Gasteiger partial charge in [-0.2, -0.15) is 8.78 Å². The van der Waals surface area contributed by atoms with E-state index in [0.717, 1.165) is 18.2 Å². The summed E-state index contributed by atoms with van der Waals surface area (Å²) in [5.74, 6) is -1.19. The van der Waals surface area contributed by atoms with Gasteiger partial charge < -0.3 is 4.74 Å². The van der Waals surface area contributed by atoms with Crippen LogP contribution < -0.4 is 4.74 Å². The van der Waals surface area contributed by atoms with E-state index in [1.54, 1.807) is 0 Å². The Morgan fingerprint density at radius 3 is 2.62 bits per heavy atom. The van der Waals surface area contributed by atoms with Crippen molar-refractivity contribution in [2.45, 2.75) is 6.61 Å². The molecule has 0 aromatic heterocycles. The molecule has 0 aliphatic carbocycles. The van der Waals surface area contributed by atoms with Crippen molar-refractivity contribution in [2.75, 3.05) is 0 Å². The maximum absolute atomic E-state index is 12.5. The van der Waals surface area contributed by atoms with Crippen LogP contribution in [0.5, 0.6) is 5.75 Å². The Morgan fingerprint density at radius 2 is 2.08 bits per heavy atom. The third-order valence-corrected chi connectivity index (χ3v) is 1.32. The van der Waals surface area contributed by atoms with E-state index < -0.39 is 18.2 Å². The molecule has 2 nitrogen and oxygen atoms in total. The predicted octanol–water partition coefficient (Wildman–Crippen LogP) is 2.24. The summed E-state index contributed by atoms with van der Waals surface area (Å²) < 4.78 is 39.8. The summed E-state index contributed by atoms with van der Waals surface area (Å²) in [5.41, 5.74) is -0.110. The van der Waals surface area contributed by atoms with E-state index >= 15 is 0 Å². The van der Waals surface area contributed by atoms with Gasteiger partial charge in [-0.25, -0.2) is 4.39 Å². The number of alkyl halides is 2. The second kappa shape index (κ2) is 3.93. The number of halogens is 3. The monoisotopic (exact) mass is 190 g/mol. The van der Waals surface area contributed by atoms with Crippen LogP contribution in [-0.4, -0.2) is 12.9 Å². The molecule has 0 aliphatic heterocycles. The summed E-state index contributed by atoms with van der Waals surface area (Å²) in [7, 11) is 0. The van der Waals surface area contributed by atoms with Gasteiger partial charge in [0.15, 0.2) is 6.29 Å². The Hall–Kier alpha value is -1.52. The molecule has 5 heteroatoms. The lowest BCUT2D eigenvalue weighted by molar-refractivity contribution is -0.0502. The maximum Gasteiger partial charge on any atom is 0.387 e. The molecule has 0 spiro atoms. The van der Waals surface area contributed by atoms with Gasteiger partial charge in [0, 0.05) is 6.07 Å². The smallest absolute Gasteiger partial charge is 0.387 e. The molecule has 0 amide bonds. The average molecular weight is 190 g/mol. The number of aldehydes is 1. The van der Waals surface area contributed by atoms with Gasteiger partial charge in [0.2, 0.25) is 0 Å². The van der Waals surface area contributed by atoms with Crippen molar-refractivity contribution in [2.24, 2.45) is 0 Å². The van der Waals surface area contributed by atoms with Crippen molar-refractivity contribution < 1.29 is 22.7 Å². The molecule has 0 heterocycles. The normalized spacial score (nSPS) is 10.2. The summed E-state index contributed by atoms with van der Waals surface area (Å²) >= 11 is 0. The van der Waals surface area contributed by atoms with Crippen LogP contribution in [0, 0.1) is 5.82 Å². The highest BCUT2D eigenvalue weighted by molar-refractivity contribution is 5.79. The quantitative estimate of drug-likeness (QED) is 0.683. The zero-order valence-corrected chi connectivity index (χ0v) is 6.34. The fourth-order valence-corrected chi connectivity index (χ4v) is 0.804. The first-order chi connectivity index (χ1) is 6.13. The van der Waals surface area contributed by atoms with Crippen molar-refractivity contribution >= 4 is 6.29 Å². The zero-order valence-electron chi connectivity index (χ0n) is 6.34. The van der Waals surface area contributed by atoms with Gasteiger partial charge in [0.1, 0.15) is 11.6 Å². The standard InChI is InChI=1S/C8H5F3O2/c9-6-2-1-5(4-12)7(3-6)13-8(10)11/h1-4,8H. The van der Waals surface area contributed by atoms with Crippen LogP contribution in [0.3, 0.4) is 0 Å². The second-order valence-corrected chi connectivity index (χ2v) is 2.18. The summed E-state index contributed by atoms with van der Waals surface area (Å²) in [6, 6.07) is 2.79. The average Bonchev–Trinajstić information content (AvgIpc) is 2.03. The number of carbonyl (C=O) groups excluding carboxylic acids is 1. The number of rotatable bonds is 3. The molecular formula is C8H5F3O2. The van der Waals surface area contributed by atoms with E-state index in [1.807, 2.05) is 0 Å². The second-order valence-electron chi connectivity index (χ2n) is 2.18. The van der Waals surface area contributed by atoms with E-state index in [0.29, 0.717) is 6.29 Å². The van der Waals surface area contributed by atoms with E-state index in [1.165, 1.54) is 0 Å². The molecule has 0 saturated carbocycles. The summed E-state index contributed by atoms with van der Waals surface area (Å²) in [4.78, 5) is 10.3. The minimum Gasteiger partial charge on any atom is -0.434 e. The van der Waals surface area contributed by atoms with Crippen LogP contribution in [0.1, 0.15) is 10.4 Å². The van der Waals surface area contributed by atoms with Gasteiger partial charge in [-0.3, -0.25) is 4.79 Å². The van der Waals surface area contributed by atoms with Crippen LogP contribution in [0.4, 0.5) is 13.2 Å². The van der Waals surface area contributed by atoms with Gasteiger partial charge in [-0.15, -0.1) is 0 Å². The van der Waals surface area contributed by atoms with E-state index in [9.17, 15) is 18.0 Å². The Kier molecular flexibility index (Phi) is 2.89. The number of carbonyl (C=O) groups is 1. The Bertz CT molecular complexity index is 312. The molecule has 1 aromatic carbocycles. The number of benzene rings is 1. The van der Waals surface area contributed by atoms with Crippen LogP contribution in [0.15, 0.2) is 18.2 Å². The molecule has 0 saturated heterocycles. The fourth-order valence-electron chi connectivity index (χ4n) is 0.804. The van der Waals surface area contributed by atoms with Crippen molar-refractivity contribution in [3.63, 3.8) is 0 Å². The van der Waals surface area contributed by atoms with Gasteiger partial charge in [-0.05, 0) is 12.1 Å². The number of hydrogen-bond donors (Lipinski definition) is 0. The highest BCUT2D eigenvalue weighted by Crippen LogP contribution is 2.20. The number of ether oxygens (including phenoxy) is 1. The minimum atomic E-state index is -3.07. The molecule has 1 rings (SSSR count). The first-order valence-electron chi connectivity index (χ1n) is 3.33. The van der Waals surface area contributed by atoms with Crippen molar-refractivity contribution in [1.29, 1.82) is 0 Å². The summed E-state index contributed by atoms with van der Waals surface area (Å²) in [6.07, 6.45) is 0.317. The first-order valence-corrected chi connectivity index (χ1v) is 3.33. The molecule has 0 N–H and O–H groups in total. The van der Waals surface area contributed by atoms with Gasteiger partial charge in [-0.1, -0.05) is 0 Å². The largest absolute Gasteiger partial charge is 0.434 e. The van der Waals surface area contributed by atoms with Crippen LogP contribution >= 0.6 is 0 Å². The Labute approximate surface area is 71.9 Å². The third kappa shape index (κ3) is 2.47. The van der Waals surface area contributed by atoms with Gasteiger partial charge in [0.05, 0.1) is 5.56 Å². The lowest BCUT2D eigenvalue weighted by Gasteiger charge is -2.05. The highest BCUT2D eigenvalue weighted by Gasteiger charge is 2.09. The van der Waals surface area contributed by atoms with Crippen molar-refractivity contribution in [1.82, 2.24) is 0 Å². The molecule has 0 atom stereocenters. The predicted molar refractivity (Wildman–Crippen MR) is 38.4 cm³/mol. The van der Waals surface area contributed by atoms with E-state index in [2.05, 4.69) is 4.74 Å². The summed E-state index contributed by atoms with van der Waals surface area (Å²) in [5, 5.41) is 0. The first kappa shape index (κ1) is 9.57. The molecule has 0 aliphatic rings. The highest BCUT2D eigenvalue weighted by atomic mass is 19.3. The van der Waals surface area contributed by atoms with E-state index in [-0.39, 0.29) is 5.56 Å². The van der Waals surface area contributed by atoms with Crippen LogP contribution in [-0.2, 0) is 0 Å². The van der Waals surface area contributed by atoms with Gasteiger partial charge >= 0.3 is 6.61 Å². The lowest BCUT2D eigenvalue weighted by Crippen LogP contribution is -2.04. The molecule has 0 fully saturated rings. The minimum absolute atomic E-state index is 0.110. The fraction of sp³-hybridized carbons (Fsp3) is 0.125. The van der Waals surface area contributed by atoms with Crippen molar-refractivity contribution in [3.8, 4) is 5.75 Å². The molecule has 0 unspecified atom stereocenters. The van der Waals surface area contributed by atoms with E-state index in [4.69, 9.17) is 0 Å². The molecule has 70 valence electrons. The number of hydrogen-bond acceptors (Lipinski definition) is 2.